The first-order valence-electron chi connectivity index (χ1n) is 9.16. The van der Waals surface area contributed by atoms with Crippen LogP contribution in [0.2, 0.25) is 0 Å². The zero-order chi connectivity index (χ0) is 17.9. The maximum absolute atomic E-state index is 11.6. The largest absolute Gasteiger partial charge is 0.368 e. The number of aromatic amines is 1. The molecule has 3 aromatic rings. The number of primary amides is 1. The molecule has 6 nitrogen and oxygen atoms in total. The van der Waals surface area contributed by atoms with E-state index in [1.54, 1.807) is 6.33 Å². The Labute approximate surface area is 152 Å². The number of H-pyrrole nitrogens is 1. The fourth-order valence-corrected chi connectivity index (χ4v) is 3.95. The highest BCUT2D eigenvalue weighted by molar-refractivity contribution is 5.82. The van der Waals surface area contributed by atoms with Crippen molar-refractivity contribution in [3.8, 4) is 22.5 Å². The van der Waals surface area contributed by atoms with Gasteiger partial charge in [-0.15, -0.1) is 0 Å². The summed E-state index contributed by atoms with van der Waals surface area (Å²) in [5, 5.41) is 7.54. The molecule has 1 saturated carbocycles. The maximum atomic E-state index is 11.6. The van der Waals surface area contributed by atoms with Crippen molar-refractivity contribution in [2.75, 3.05) is 0 Å². The standard InChI is InChI=1S/C20H23N5O/c21-17(26)12-25-13-22-19(15-9-5-2-6-10-15)20(25)16-11-23-24-18(16)14-7-3-1-4-8-14/h2,5-6,9-11,13-14H,1,3-4,7-8,12H2,(H2,21,26)(H,23,24). The Hall–Kier alpha value is -2.89. The van der Waals surface area contributed by atoms with Gasteiger partial charge in [-0.25, -0.2) is 4.98 Å². The van der Waals surface area contributed by atoms with Gasteiger partial charge in [0.15, 0.2) is 0 Å². The van der Waals surface area contributed by atoms with E-state index in [9.17, 15) is 4.79 Å². The van der Waals surface area contributed by atoms with Crippen molar-refractivity contribution in [2.45, 2.75) is 44.6 Å². The molecule has 0 radical (unpaired) electrons. The Kier molecular flexibility index (Phi) is 4.56. The number of amides is 1. The van der Waals surface area contributed by atoms with Gasteiger partial charge in [0.25, 0.3) is 0 Å². The third kappa shape index (κ3) is 3.14. The predicted molar refractivity (Wildman–Crippen MR) is 100 cm³/mol. The lowest BCUT2D eigenvalue weighted by molar-refractivity contribution is -0.118. The van der Waals surface area contributed by atoms with E-state index in [1.165, 1.54) is 32.1 Å². The van der Waals surface area contributed by atoms with Crippen molar-refractivity contribution in [2.24, 2.45) is 5.73 Å². The summed E-state index contributed by atoms with van der Waals surface area (Å²) in [6.45, 7) is 0.102. The Morgan fingerprint density at radius 3 is 2.69 bits per heavy atom. The molecule has 3 N–H and O–H groups in total. The number of hydrogen-bond donors (Lipinski definition) is 2. The van der Waals surface area contributed by atoms with Crippen molar-refractivity contribution in [1.82, 2.24) is 19.7 Å². The second kappa shape index (κ2) is 7.15. The Bertz CT molecular complexity index is 890. The molecule has 134 valence electrons. The summed E-state index contributed by atoms with van der Waals surface area (Å²) in [4.78, 5) is 16.2. The van der Waals surface area contributed by atoms with E-state index >= 15 is 0 Å². The summed E-state index contributed by atoms with van der Waals surface area (Å²) >= 11 is 0. The van der Waals surface area contributed by atoms with Gasteiger partial charge in [0.2, 0.25) is 5.91 Å². The Morgan fingerprint density at radius 1 is 1.19 bits per heavy atom. The molecule has 0 aliphatic heterocycles. The molecular weight excluding hydrogens is 326 g/mol. The number of imidazole rings is 1. The number of nitrogens with two attached hydrogens (primary N) is 1. The minimum Gasteiger partial charge on any atom is -0.368 e. The normalized spacial score (nSPS) is 15.2. The first-order valence-corrected chi connectivity index (χ1v) is 9.16. The van der Waals surface area contributed by atoms with E-state index in [-0.39, 0.29) is 12.5 Å². The van der Waals surface area contributed by atoms with Crippen molar-refractivity contribution >= 4 is 5.91 Å². The second-order valence-corrected chi connectivity index (χ2v) is 6.93. The summed E-state index contributed by atoms with van der Waals surface area (Å²) in [6, 6.07) is 10.0. The summed E-state index contributed by atoms with van der Waals surface area (Å²) in [6.07, 6.45) is 9.67. The van der Waals surface area contributed by atoms with Crippen LogP contribution in [-0.4, -0.2) is 25.7 Å². The lowest BCUT2D eigenvalue weighted by Gasteiger charge is -2.22. The maximum Gasteiger partial charge on any atom is 0.237 e. The van der Waals surface area contributed by atoms with Crippen molar-refractivity contribution in [3.63, 3.8) is 0 Å². The number of hydrogen-bond acceptors (Lipinski definition) is 3. The molecule has 1 fully saturated rings. The molecule has 0 unspecified atom stereocenters. The molecule has 0 bridgehead atoms. The minimum absolute atomic E-state index is 0.102. The van der Waals surface area contributed by atoms with E-state index < -0.39 is 0 Å². The Balaban J connectivity index is 1.84. The number of carbonyl (C=O) groups excluding carboxylic acids is 1. The number of benzene rings is 1. The van der Waals surface area contributed by atoms with Gasteiger partial charge in [-0.1, -0.05) is 49.6 Å². The van der Waals surface area contributed by atoms with Crippen LogP contribution in [0.1, 0.15) is 43.7 Å². The van der Waals surface area contributed by atoms with Gasteiger partial charge in [-0.05, 0) is 12.8 Å². The molecule has 1 aromatic carbocycles. The minimum atomic E-state index is -0.383. The molecular formula is C20H23N5O. The summed E-state index contributed by atoms with van der Waals surface area (Å²) in [5.41, 5.74) is 10.4. The van der Waals surface area contributed by atoms with Crippen molar-refractivity contribution in [3.05, 3.63) is 48.5 Å². The van der Waals surface area contributed by atoms with Gasteiger partial charge in [0.1, 0.15) is 6.54 Å². The highest BCUT2D eigenvalue weighted by Crippen LogP contribution is 2.39. The molecule has 4 rings (SSSR count). The van der Waals surface area contributed by atoms with Gasteiger partial charge in [0.05, 0.1) is 23.9 Å². The van der Waals surface area contributed by atoms with Gasteiger partial charge in [-0.2, -0.15) is 5.10 Å². The molecule has 2 aromatic heterocycles. The van der Waals surface area contributed by atoms with Crippen LogP contribution < -0.4 is 5.73 Å². The first-order chi connectivity index (χ1) is 12.7. The molecule has 1 amide bonds. The number of carbonyl (C=O) groups is 1. The van der Waals surface area contributed by atoms with Crippen LogP contribution in [0.25, 0.3) is 22.5 Å². The van der Waals surface area contributed by atoms with Crippen LogP contribution >= 0.6 is 0 Å². The highest BCUT2D eigenvalue weighted by atomic mass is 16.1. The average Bonchev–Trinajstić information content (AvgIpc) is 3.29. The van der Waals surface area contributed by atoms with Crippen LogP contribution in [0, 0.1) is 0 Å². The summed E-state index contributed by atoms with van der Waals surface area (Å²) < 4.78 is 1.84. The van der Waals surface area contributed by atoms with Crippen LogP contribution in [0.4, 0.5) is 0 Å². The number of rotatable bonds is 5. The fourth-order valence-electron chi connectivity index (χ4n) is 3.95. The molecule has 6 heteroatoms. The predicted octanol–water partition coefficient (Wildman–Crippen LogP) is 3.47. The fraction of sp³-hybridized carbons (Fsp3) is 0.350. The zero-order valence-corrected chi connectivity index (χ0v) is 14.7. The van der Waals surface area contributed by atoms with Crippen LogP contribution in [0.5, 0.6) is 0 Å². The van der Waals surface area contributed by atoms with E-state index in [0.717, 1.165) is 28.2 Å². The molecule has 0 atom stereocenters. The quantitative estimate of drug-likeness (QED) is 0.739. The number of nitrogens with zero attached hydrogens (tertiary/aromatic N) is 3. The van der Waals surface area contributed by atoms with E-state index in [1.807, 2.05) is 41.1 Å². The van der Waals surface area contributed by atoms with Crippen molar-refractivity contribution < 1.29 is 4.79 Å². The summed E-state index contributed by atoms with van der Waals surface area (Å²) in [7, 11) is 0. The van der Waals surface area contributed by atoms with Gasteiger partial charge < -0.3 is 10.3 Å². The van der Waals surface area contributed by atoms with E-state index in [0.29, 0.717) is 5.92 Å². The van der Waals surface area contributed by atoms with Gasteiger partial charge in [-0.3, -0.25) is 9.89 Å². The van der Waals surface area contributed by atoms with E-state index in [4.69, 9.17) is 5.73 Å². The molecule has 0 spiro atoms. The number of nitrogens with one attached hydrogen (secondary N) is 1. The van der Waals surface area contributed by atoms with E-state index in [2.05, 4.69) is 15.2 Å². The lowest BCUT2D eigenvalue weighted by Crippen LogP contribution is -2.19. The summed E-state index contributed by atoms with van der Waals surface area (Å²) in [5.74, 6) is 0.0905. The SMILES string of the molecule is NC(=O)Cn1cnc(-c2ccccc2)c1-c1cn[nH]c1C1CCCCC1. The highest BCUT2D eigenvalue weighted by Gasteiger charge is 2.25. The van der Waals surface area contributed by atoms with Gasteiger partial charge >= 0.3 is 0 Å². The molecule has 0 saturated heterocycles. The molecule has 2 heterocycles. The van der Waals surface area contributed by atoms with Crippen LogP contribution in [-0.2, 0) is 11.3 Å². The molecule has 1 aliphatic rings. The zero-order valence-electron chi connectivity index (χ0n) is 14.7. The van der Waals surface area contributed by atoms with Crippen molar-refractivity contribution in [1.29, 1.82) is 0 Å². The Morgan fingerprint density at radius 2 is 1.96 bits per heavy atom. The second-order valence-electron chi connectivity index (χ2n) is 6.93. The first kappa shape index (κ1) is 16.6. The average molecular weight is 349 g/mol. The number of aromatic nitrogens is 4. The molecule has 1 aliphatic carbocycles. The smallest absolute Gasteiger partial charge is 0.237 e. The monoisotopic (exact) mass is 349 g/mol. The third-order valence-corrected chi connectivity index (χ3v) is 5.15. The topological polar surface area (TPSA) is 89.6 Å². The van der Waals surface area contributed by atoms with Gasteiger partial charge in [0, 0.05) is 22.7 Å². The molecule has 26 heavy (non-hydrogen) atoms. The lowest BCUT2D eigenvalue weighted by atomic mass is 9.85. The van der Waals surface area contributed by atoms with Crippen LogP contribution in [0.15, 0.2) is 42.9 Å². The third-order valence-electron chi connectivity index (χ3n) is 5.15. The van der Waals surface area contributed by atoms with Crippen LogP contribution in [0.3, 0.4) is 0 Å².